The number of ether oxygens (including phenoxy) is 1. The second kappa shape index (κ2) is 8.37. The summed E-state index contributed by atoms with van der Waals surface area (Å²) < 4.78 is 32.5. The zero-order valence-electron chi connectivity index (χ0n) is 14.9. The van der Waals surface area contributed by atoms with Crippen LogP contribution in [0, 0.1) is 5.92 Å². The Morgan fingerprint density at radius 1 is 1.22 bits per heavy atom. The number of hydrogen-bond acceptors (Lipinski definition) is 4. The van der Waals surface area contributed by atoms with Crippen LogP contribution < -0.4 is 14.8 Å². The Bertz CT molecular complexity index is 941. The van der Waals surface area contributed by atoms with Crippen LogP contribution in [0.15, 0.2) is 66.1 Å². The van der Waals surface area contributed by atoms with Crippen molar-refractivity contribution in [3.05, 3.63) is 72.3 Å². The highest BCUT2D eigenvalue weighted by Crippen LogP contribution is 2.26. The summed E-state index contributed by atoms with van der Waals surface area (Å²) in [5.41, 5.74) is 1.43. The normalized spacial score (nSPS) is 16.1. The first-order chi connectivity index (χ1) is 13.0. The molecule has 0 aromatic heterocycles. The molecule has 0 fully saturated rings. The van der Waals surface area contributed by atoms with Crippen LogP contribution in [0.5, 0.6) is 5.75 Å². The van der Waals surface area contributed by atoms with Crippen molar-refractivity contribution in [2.45, 2.75) is 11.3 Å². The van der Waals surface area contributed by atoms with E-state index < -0.39 is 10.0 Å². The van der Waals surface area contributed by atoms with Gasteiger partial charge in [0.25, 0.3) is 5.91 Å². The second-order valence-electron chi connectivity index (χ2n) is 6.37. The van der Waals surface area contributed by atoms with E-state index in [2.05, 4.69) is 16.6 Å². The van der Waals surface area contributed by atoms with Gasteiger partial charge in [0.2, 0.25) is 10.0 Å². The molecular formula is C20H22N2O4S. The van der Waals surface area contributed by atoms with Crippen molar-refractivity contribution in [2.24, 2.45) is 5.92 Å². The molecule has 1 unspecified atom stereocenters. The molecule has 3 rings (SSSR count). The first-order valence-corrected chi connectivity index (χ1v) is 10.2. The predicted molar refractivity (Wildman–Crippen MR) is 103 cm³/mol. The summed E-state index contributed by atoms with van der Waals surface area (Å²) in [7, 11) is -3.67. The number of carbonyl (C=O) groups excluding carboxylic acids is 1. The van der Waals surface area contributed by atoms with Crippen molar-refractivity contribution in [2.75, 3.05) is 19.7 Å². The van der Waals surface area contributed by atoms with Crippen LogP contribution in [0.4, 0.5) is 0 Å². The predicted octanol–water partition coefficient (Wildman–Crippen LogP) is 2.13. The van der Waals surface area contributed by atoms with Crippen molar-refractivity contribution in [1.82, 2.24) is 10.0 Å². The molecule has 2 N–H and O–H groups in total. The van der Waals surface area contributed by atoms with Gasteiger partial charge in [0.1, 0.15) is 5.75 Å². The summed E-state index contributed by atoms with van der Waals surface area (Å²) in [5.74, 6) is 0.754. The van der Waals surface area contributed by atoms with Gasteiger partial charge in [0.15, 0.2) is 0 Å². The number of nitrogens with one attached hydrogen (secondary N) is 2. The Hall–Kier alpha value is -2.64. The third-order valence-electron chi connectivity index (χ3n) is 4.33. The van der Waals surface area contributed by atoms with Gasteiger partial charge in [-0.05, 0) is 36.2 Å². The molecule has 2 aromatic rings. The van der Waals surface area contributed by atoms with Crippen LogP contribution in [-0.2, 0) is 16.4 Å². The van der Waals surface area contributed by atoms with Crippen molar-refractivity contribution < 1.29 is 17.9 Å². The van der Waals surface area contributed by atoms with Gasteiger partial charge >= 0.3 is 0 Å². The van der Waals surface area contributed by atoms with Crippen LogP contribution in [0.25, 0.3) is 0 Å². The molecule has 0 spiro atoms. The summed E-state index contributed by atoms with van der Waals surface area (Å²) in [6.45, 7) is 4.61. The van der Waals surface area contributed by atoms with Gasteiger partial charge in [-0.3, -0.25) is 4.79 Å². The lowest BCUT2D eigenvalue weighted by Gasteiger charge is -2.25. The second-order valence-corrected chi connectivity index (χ2v) is 8.13. The zero-order chi connectivity index (χ0) is 19.3. The summed E-state index contributed by atoms with van der Waals surface area (Å²) in [5, 5.41) is 2.87. The standard InChI is InChI=1S/C20H22N2O4S/c1-2-10-22-27(24,25)18-8-5-7-17(12-18)20(23)21-13-15-11-16-6-3-4-9-19(16)26-14-15/h2-9,12,15,22H,1,10-11,13-14H2,(H,21,23). The van der Waals surface area contributed by atoms with Crippen molar-refractivity contribution >= 4 is 15.9 Å². The van der Waals surface area contributed by atoms with E-state index in [1.165, 1.54) is 18.2 Å². The maximum Gasteiger partial charge on any atom is 0.251 e. The Morgan fingerprint density at radius 3 is 2.85 bits per heavy atom. The fourth-order valence-electron chi connectivity index (χ4n) is 2.92. The summed E-state index contributed by atoms with van der Waals surface area (Å²) >= 11 is 0. The smallest absolute Gasteiger partial charge is 0.251 e. The third kappa shape index (κ3) is 4.75. The largest absolute Gasteiger partial charge is 0.493 e. The van der Waals surface area contributed by atoms with Gasteiger partial charge in [-0.15, -0.1) is 6.58 Å². The van der Waals surface area contributed by atoms with Gasteiger partial charge in [-0.25, -0.2) is 13.1 Å². The van der Waals surface area contributed by atoms with Crippen LogP contribution in [-0.4, -0.2) is 34.0 Å². The molecule has 7 heteroatoms. The molecule has 0 aliphatic carbocycles. The Labute approximate surface area is 159 Å². The molecule has 0 saturated heterocycles. The third-order valence-corrected chi connectivity index (χ3v) is 5.75. The van der Waals surface area contributed by atoms with Gasteiger partial charge in [0, 0.05) is 24.6 Å². The molecule has 142 valence electrons. The first kappa shape index (κ1) is 19.1. The lowest BCUT2D eigenvalue weighted by molar-refractivity contribution is 0.0939. The number of benzene rings is 2. The highest BCUT2D eigenvalue weighted by Gasteiger charge is 2.21. The minimum atomic E-state index is -3.67. The molecule has 1 aliphatic heterocycles. The molecule has 1 aliphatic rings. The van der Waals surface area contributed by atoms with E-state index in [1.807, 2.05) is 24.3 Å². The molecule has 2 aromatic carbocycles. The number of amides is 1. The lowest BCUT2D eigenvalue weighted by Crippen LogP contribution is -2.35. The van der Waals surface area contributed by atoms with Gasteiger partial charge < -0.3 is 10.1 Å². The van der Waals surface area contributed by atoms with Crippen molar-refractivity contribution in [3.8, 4) is 5.75 Å². The van der Waals surface area contributed by atoms with Gasteiger partial charge in [-0.1, -0.05) is 30.3 Å². The minimum Gasteiger partial charge on any atom is -0.493 e. The molecule has 6 nitrogen and oxygen atoms in total. The van der Waals surface area contributed by atoms with E-state index >= 15 is 0 Å². The molecular weight excluding hydrogens is 364 g/mol. The van der Waals surface area contributed by atoms with Crippen molar-refractivity contribution in [3.63, 3.8) is 0 Å². The number of carbonyl (C=O) groups is 1. The maximum absolute atomic E-state index is 12.4. The number of sulfonamides is 1. The SMILES string of the molecule is C=CCNS(=O)(=O)c1cccc(C(=O)NCC2COc3ccccc3C2)c1. The highest BCUT2D eigenvalue weighted by molar-refractivity contribution is 7.89. The van der Waals surface area contributed by atoms with Crippen LogP contribution in [0.2, 0.25) is 0 Å². The van der Waals surface area contributed by atoms with Crippen LogP contribution in [0.1, 0.15) is 15.9 Å². The fraction of sp³-hybridized carbons (Fsp3) is 0.250. The molecule has 0 bridgehead atoms. The molecule has 0 saturated carbocycles. The summed E-state index contributed by atoms with van der Waals surface area (Å²) in [6, 6.07) is 13.8. The summed E-state index contributed by atoms with van der Waals surface area (Å²) in [6.07, 6.45) is 2.29. The number of rotatable bonds is 7. The van der Waals surface area contributed by atoms with Crippen LogP contribution >= 0.6 is 0 Å². The van der Waals surface area contributed by atoms with E-state index in [4.69, 9.17) is 4.74 Å². The maximum atomic E-state index is 12.4. The quantitative estimate of drug-likeness (QED) is 0.714. The summed E-state index contributed by atoms with van der Waals surface area (Å²) in [4.78, 5) is 12.5. The monoisotopic (exact) mass is 386 g/mol. The minimum absolute atomic E-state index is 0.0481. The van der Waals surface area contributed by atoms with E-state index in [0.29, 0.717) is 18.7 Å². The number of fused-ring (bicyclic) bond motifs is 1. The van der Waals surface area contributed by atoms with E-state index in [-0.39, 0.29) is 23.3 Å². The Kier molecular flexibility index (Phi) is 5.93. The average Bonchev–Trinajstić information content (AvgIpc) is 2.70. The van der Waals surface area contributed by atoms with Gasteiger partial charge in [-0.2, -0.15) is 0 Å². The lowest BCUT2D eigenvalue weighted by atomic mass is 9.96. The molecule has 1 amide bonds. The van der Waals surface area contributed by atoms with Crippen molar-refractivity contribution in [1.29, 1.82) is 0 Å². The van der Waals surface area contributed by atoms with E-state index in [9.17, 15) is 13.2 Å². The van der Waals surface area contributed by atoms with Gasteiger partial charge in [0.05, 0.1) is 11.5 Å². The molecule has 27 heavy (non-hydrogen) atoms. The molecule has 1 heterocycles. The zero-order valence-corrected chi connectivity index (χ0v) is 15.7. The number of hydrogen-bond donors (Lipinski definition) is 2. The fourth-order valence-corrected chi connectivity index (χ4v) is 3.96. The molecule has 0 radical (unpaired) electrons. The Balaban J connectivity index is 1.62. The average molecular weight is 386 g/mol. The van der Waals surface area contributed by atoms with E-state index in [0.717, 1.165) is 17.7 Å². The van der Waals surface area contributed by atoms with Crippen LogP contribution in [0.3, 0.4) is 0 Å². The molecule has 1 atom stereocenters. The topological polar surface area (TPSA) is 84.5 Å². The van der Waals surface area contributed by atoms with E-state index in [1.54, 1.807) is 12.1 Å². The first-order valence-electron chi connectivity index (χ1n) is 8.69. The number of para-hydroxylation sites is 1. The highest BCUT2D eigenvalue weighted by atomic mass is 32.2. The Morgan fingerprint density at radius 2 is 2.04 bits per heavy atom.